The third kappa shape index (κ3) is 2.49. The van der Waals surface area contributed by atoms with Gasteiger partial charge in [0.1, 0.15) is 11.8 Å². The number of hydrogen-bond donors (Lipinski definition) is 2. The van der Waals surface area contributed by atoms with Gasteiger partial charge in [0.25, 0.3) is 0 Å². The van der Waals surface area contributed by atoms with Gasteiger partial charge >= 0.3 is 0 Å². The third-order valence-electron chi connectivity index (χ3n) is 3.25. The van der Waals surface area contributed by atoms with Crippen LogP contribution in [0.2, 0.25) is 0 Å². The van der Waals surface area contributed by atoms with E-state index >= 15 is 0 Å². The first-order chi connectivity index (χ1) is 10.2. The number of H-pyrrole nitrogens is 1. The molecule has 1 aromatic carbocycles. The molecule has 2 N–H and O–H groups in total. The van der Waals surface area contributed by atoms with E-state index in [1.807, 2.05) is 13.0 Å². The summed E-state index contributed by atoms with van der Waals surface area (Å²) >= 11 is 0. The number of halogens is 1. The molecule has 7 heteroatoms. The molecule has 2 heterocycles. The predicted octanol–water partition coefficient (Wildman–Crippen LogP) is 2.67. The normalized spacial score (nSPS) is 12.3. The van der Waals surface area contributed by atoms with Crippen molar-refractivity contribution in [1.82, 2.24) is 19.9 Å². The second-order valence-electron chi connectivity index (χ2n) is 4.58. The maximum Gasteiger partial charge on any atom is 0.182 e. The van der Waals surface area contributed by atoms with Gasteiger partial charge in [0.05, 0.1) is 19.5 Å². The van der Waals surface area contributed by atoms with Crippen molar-refractivity contribution in [2.24, 2.45) is 0 Å². The second-order valence-corrected chi connectivity index (χ2v) is 4.58. The number of nitrogens with one attached hydrogen (secondary N) is 2. The van der Waals surface area contributed by atoms with E-state index in [-0.39, 0.29) is 11.8 Å². The number of benzene rings is 1. The minimum absolute atomic E-state index is 0.133. The first-order valence-corrected chi connectivity index (χ1v) is 6.43. The molecule has 6 nitrogen and oxygen atoms in total. The van der Waals surface area contributed by atoms with Gasteiger partial charge in [-0.2, -0.15) is 0 Å². The van der Waals surface area contributed by atoms with Gasteiger partial charge < -0.3 is 15.0 Å². The van der Waals surface area contributed by atoms with E-state index in [0.29, 0.717) is 11.5 Å². The smallest absolute Gasteiger partial charge is 0.182 e. The molecule has 0 aliphatic rings. The maximum atomic E-state index is 13.8. The number of nitrogens with zero attached hydrogens (tertiary/aromatic N) is 3. The summed E-state index contributed by atoms with van der Waals surface area (Å²) in [6, 6.07) is 4.73. The van der Waals surface area contributed by atoms with Crippen molar-refractivity contribution in [2.75, 3.05) is 12.4 Å². The van der Waals surface area contributed by atoms with Crippen LogP contribution in [0.15, 0.2) is 30.9 Å². The van der Waals surface area contributed by atoms with E-state index in [0.717, 1.165) is 11.1 Å². The summed E-state index contributed by atoms with van der Waals surface area (Å²) in [5.74, 6) is 0.461. The van der Waals surface area contributed by atoms with Crippen LogP contribution >= 0.6 is 0 Å². The second kappa shape index (κ2) is 5.35. The van der Waals surface area contributed by atoms with Crippen molar-refractivity contribution < 1.29 is 9.13 Å². The first-order valence-electron chi connectivity index (χ1n) is 6.43. The van der Waals surface area contributed by atoms with E-state index < -0.39 is 5.82 Å². The molecule has 3 rings (SSSR count). The van der Waals surface area contributed by atoms with Gasteiger partial charge in [0.2, 0.25) is 0 Å². The summed E-state index contributed by atoms with van der Waals surface area (Å²) in [6.07, 6.45) is 3.00. The molecular weight excluding hydrogens is 273 g/mol. The average molecular weight is 287 g/mol. The highest BCUT2D eigenvalue weighted by Crippen LogP contribution is 2.25. The van der Waals surface area contributed by atoms with Gasteiger partial charge in [-0.15, -0.1) is 0 Å². The van der Waals surface area contributed by atoms with Crippen LogP contribution < -0.4 is 10.1 Å². The van der Waals surface area contributed by atoms with E-state index in [9.17, 15) is 4.39 Å². The predicted molar refractivity (Wildman–Crippen MR) is 76.7 cm³/mol. The fourth-order valence-electron chi connectivity index (χ4n) is 2.11. The summed E-state index contributed by atoms with van der Waals surface area (Å²) in [5.41, 5.74) is 2.10. The van der Waals surface area contributed by atoms with Crippen LogP contribution in [0.3, 0.4) is 0 Å². The molecular formula is C14H14FN5O. The minimum atomic E-state index is -0.391. The first kappa shape index (κ1) is 13.3. The van der Waals surface area contributed by atoms with Crippen LogP contribution in [-0.2, 0) is 0 Å². The fraction of sp³-hybridized carbons (Fsp3) is 0.214. The van der Waals surface area contributed by atoms with Gasteiger partial charge in [-0.3, -0.25) is 0 Å². The molecule has 108 valence electrons. The van der Waals surface area contributed by atoms with Crippen LogP contribution in [0, 0.1) is 5.82 Å². The Kier molecular flexibility index (Phi) is 3.39. The van der Waals surface area contributed by atoms with Crippen molar-refractivity contribution in [3.63, 3.8) is 0 Å². The number of methoxy groups -OCH3 is 1. The van der Waals surface area contributed by atoms with Crippen molar-refractivity contribution in [2.45, 2.75) is 13.0 Å². The van der Waals surface area contributed by atoms with Crippen molar-refractivity contribution >= 4 is 17.0 Å². The highest BCUT2D eigenvalue weighted by molar-refractivity contribution is 5.82. The molecule has 0 saturated carbocycles. The van der Waals surface area contributed by atoms with Gasteiger partial charge in [0.15, 0.2) is 23.0 Å². The lowest BCUT2D eigenvalue weighted by molar-refractivity contribution is 0.386. The van der Waals surface area contributed by atoms with E-state index in [2.05, 4.69) is 25.3 Å². The highest BCUT2D eigenvalue weighted by atomic mass is 19.1. The SMILES string of the molecule is COc1ccc(C(C)Nc2ncnc3nc[nH]c23)cc1F. The monoisotopic (exact) mass is 287 g/mol. The van der Waals surface area contributed by atoms with Crippen LogP contribution in [0.25, 0.3) is 11.2 Å². The summed E-state index contributed by atoms with van der Waals surface area (Å²) in [6.45, 7) is 1.92. The third-order valence-corrected chi connectivity index (χ3v) is 3.25. The molecule has 0 spiro atoms. The highest BCUT2D eigenvalue weighted by Gasteiger charge is 2.12. The van der Waals surface area contributed by atoms with Gasteiger partial charge in [-0.05, 0) is 24.6 Å². The zero-order valence-electron chi connectivity index (χ0n) is 11.6. The average Bonchev–Trinajstić information content (AvgIpc) is 2.96. The van der Waals surface area contributed by atoms with Gasteiger partial charge in [0, 0.05) is 0 Å². The van der Waals surface area contributed by atoms with E-state index in [1.54, 1.807) is 12.4 Å². The zero-order valence-corrected chi connectivity index (χ0v) is 11.6. The van der Waals surface area contributed by atoms with Crippen molar-refractivity contribution in [3.05, 3.63) is 42.2 Å². The lowest BCUT2D eigenvalue weighted by Crippen LogP contribution is -2.09. The number of anilines is 1. The van der Waals surface area contributed by atoms with E-state index in [1.165, 1.54) is 19.5 Å². The number of hydrogen-bond acceptors (Lipinski definition) is 5. The van der Waals surface area contributed by atoms with Crippen molar-refractivity contribution in [1.29, 1.82) is 0 Å². The molecule has 3 aromatic rings. The number of imidazole rings is 1. The molecule has 0 saturated heterocycles. The molecule has 1 unspecified atom stereocenters. The zero-order chi connectivity index (χ0) is 14.8. The summed E-state index contributed by atoms with van der Waals surface area (Å²) in [4.78, 5) is 15.3. The lowest BCUT2D eigenvalue weighted by Gasteiger charge is -2.15. The Bertz CT molecular complexity index is 773. The largest absolute Gasteiger partial charge is 0.494 e. The Morgan fingerprint density at radius 3 is 2.90 bits per heavy atom. The Morgan fingerprint density at radius 1 is 1.29 bits per heavy atom. The number of aromatic nitrogens is 4. The van der Waals surface area contributed by atoms with E-state index in [4.69, 9.17) is 4.74 Å². The minimum Gasteiger partial charge on any atom is -0.494 e. The summed E-state index contributed by atoms with van der Waals surface area (Å²) < 4.78 is 18.7. The number of ether oxygens (including phenoxy) is 1. The number of aromatic amines is 1. The Balaban J connectivity index is 1.87. The van der Waals surface area contributed by atoms with Gasteiger partial charge in [-0.25, -0.2) is 19.3 Å². The number of fused-ring (bicyclic) bond motifs is 1. The van der Waals surface area contributed by atoms with Crippen LogP contribution in [-0.4, -0.2) is 27.0 Å². The fourth-order valence-corrected chi connectivity index (χ4v) is 2.11. The summed E-state index contributed by atoms with van der Waals surface area (Å²) in [5, 5.41) is 3.22. The summed E-state index contributed by atoms with van der Waals surface area (Å²) in [7, 11) is 1.44. The molecule has 0 aliphatic heterocycles. The van der Waals surface area contributed by atoms with Crippen LogP contribution in [0.1, 0.15) is 18.5 Å². The van der Waals surface area contributed by atoms with Crippen LogP contribution in [0.5, 0.6) is 5.75 Å². The Labute approximate surface area is 120 Å². The van der Waals surface area contributed by atoms with Gasteiger partial charge in [-0.1, -0.05) is 6.07 Å². The molecule has 0 fully saturated rings. The molecule has 0 radical (unpaired) electrons. The van der Waals surface area contributed by atoms with Crippen molar-refractivity contribution in [3.8, 4) is 5.75 Å². The standard InChI is InChI=1S/C14H14FN5O/c1-8(9-3-4-11(21-2)10(15)5-9)20-14-12-13(17-6-16-12)18-7-19-14/h3-8H,1-2H3,(H2,16,17,18,19,20). The Hall–Kier alpha value is -2.70. The topological polar surface area (TPSA) is 75.7 Å². The Morgan fingerprint density at radius 2 is 2.14 bits per heavy atom. The molecule has 1 atom stereocenters. The molecule has 0 bridgehead atoms. The lowest BCUT2D eigenvalue weighted by atomic mass is 10.1. The maximum absolute atomic E-state index is 13.8. The molecule has 0 aliphatic carbocycles. The molecule has 2 aromatic heterocycles. The molecule has 0 amide bonds. The quantitative estimate of drug-likeness (QED) is 0.771. The number of rotatable bonds is 4. The molecule has 21 heavy (non-hydrogen) atoms. The van der Waals surface area contributed by atoms with Crippen LogP contribution in [0.4, 0.5) is 10.2 Å².